The third-order valence-electron chi connectivity index (χ3n) is 4.54. The monoisotopic (exact) mass is 378 g/mol. The van der Waals surface area contributed by atoms with E-state index in [-0.39, 0.29) is 36.8 Å². The van der Waals surface area contributed by atoms with Crippen molar-refractivity contribution in [2.24, 2.45) is 0 Å². The molecule has 2 heterocycles. The molecule has 0 radical (unpaired) electrons. The van der Waals surface area contributed by atoms with Gasteiger partial charge < -0.3 is 19.7 Å². The van der Waals surface area contributed by atoms with Crippen molar-refractivity contribution < 1.29 is 18.7 Å². The van der Waals surface area contributed by atoms with Crippen LogP contribution >= 0.6 is 12.4 Å². The summed E-state index contributed by atoms with van der Waals surface area (Å²) in [7, 11) is 0. The molecule has 1 amide bonds. The molecule has 2 aromatic carbocycles. The molecule has 0 aliphatic carbocycles. The fourth-order valence-electron chi connectivity index (χ4n) is 3.31. The van der Waals surface area contributed by atoms with Gasteiger partial charge in [-0.3, -0.25) is 4.79 Å². The third kappa shape index (κ3) is 3.61. The molecule has 0 saturated carbocycles. The second-order valence-electron chi connectivity index (χ2n) is 6.17. The van der Waals surface area contributed by atoms with Crippen LogP contribution in [0.5, 0.6) is 11.5 Å². The zero-order valence-electron chi connectivity index (χ0n) is 14.1. The SMILES string of the molecule is Cl.O=C(C1COc2ccccc2O1)N1CCNCC1c1cccc(F)c1. The normalized spacial score (nSPS) is 21.7. The smallest absolute Gasteiger partial charge is 0.267 e. The highest BCUT2D eigenvalue weighted by Gasteiger charge is 2.36. The Bertz CT molecular complexity index is 789. The molecule has 2 atom stereocenters. The number of piperazine rings is 1. The summed E-state index contributed by atoms with van der Waals surface area (Å²) in [4.78, 5) is 14.8. The minimum atomic E-state index is -0.691. The molecule has 0 bridgehead atoms. The van der Waals surface area contributed by atoms with Gasteiger partial charge in [0.25, 0.3) is 5.91 Å². The van der Waals surface area contributed by atoms with Crippen molar-refractivity contribution in [2.45, 2.75) is 12.1 Å². The van der Waals surface area contributed by atoms with E-state index in [0.717, 1.165) is 5.56 Å². The maximum atomic E-state index is 13.6. The van der Waals surface area contributed by atoms with Crippen LogP contribution in [0.3, 0.4) is 0 Å². The van der Waals surface area contributed by atoms with Crippen molar-refractivity contribution in [3.8, 4) is 11.5 Å². The molecule has 5 nitrogen and oxygen atoms in total. The minimum absolute atomic E-state index is 0. The first-order valence-corrected chi connectivity index (χ1v) is 8.37. The number of nitrogens with zero attached hydrogens (tertiary/aromatic N) is 1. The van der Waals surface area contributed by atoms with Crippen LogP contribution in [-0.2, 0) is 4.79 Å². The van der Waals surface area contributed by atoms with Crippen LogP contribution in [0.4, 0.5) is 4.39 Å². The topological polar surface area (TPSA) is 50.8 Å². The molecule has 1 fully saturated rings. The first-order valence-electron chi connectivity index (χ1n) is 8.37. The lowest BCUT2D eigenvalue weighted by Gasteiger charge is -2.39. The summed E-state index contributed by atoms with van der Waals surface area (Å²) in [5.74, 6) is 0.782. The molecule has 0 spiro atoms. The number of carbonyl (C=O) groups excluding carboxylic acids is 1. The number of benzene rings is 2. The lowest BCUT2D eigenvalue weighted by molar-refractivity contribution is -0.144. The number of fused-ring (bicyclic) bond motifs is 1. The van der Waals surface area contributed by atoms with Gasteiger partial charge in [0.1, 0.15) is 12.4 Å². The summed E-state index contributed by atoms with van der Waals surface area (Å²) in [5.41, 5.74) is 0.776. The van der Waals surface area contributed by atoms with Gasteiger partial charge in [-0.1, -0.05) is 24.3 Å². The van der Waals surface area contributed by atoms with E-state index in [1.807, 2.05) is 24.3 Å². The average molecular weight is 379 g/mol. The third-order valence-corrected chi connectivity index (χ3v) is 4.54. The summed E-state index contributed by atoms with van der Waals surface area (Å²) >= 11 is 0. The van der Waals surface area contributed by atoms with Gasteiger partial charge in [-0.15, -0.1) is 12.4 Å². The van der Waals surface area contributed by atoms with Crippen molar-refractivity contribution in [1.29, 1.82) is 0 Å². The number of para-hydroxylation sites is 2. The van der Waals surface area contributed by atoms with Crippen molar-refractivity contribution in [3.63, 3.8) is 0 Å². The van der Waals surface area contributed by atoms with E-state index in [1.165, 1.54) is 12.1 Å². The van der Waals surface area contributed by atoms with Crippen molar-refractivity contribution in [3.05, 3.63) is 59.9 Å². The number of carbonyl (C=O) groups is 1. The highest BCUT2D eigenvalue weighted by atomic mass is 35.5. The zero-order valence-corrected chi connectivity index (χ0v) is 14.9. The van der Waals surface area contributed by atoms with E-state index in [2.05, 4.69) is 5.32 Å². The molecule has 1 N–H and O–H groups in total. The van der Waals surface area contributed by atoms with E-state index in [0.29, 0.717) is 31.1 Å². The van der Waals surface area contributed by atoms with Gasteiger partial charge >= 0.3 is 0 Å². The van der Waals surface area contributed by atoms with Gasteiger partial charge in [-0.2, -0.15) is 0 Å². The summed E-state index contributed by atoms with van der Waals surface area (Å²) < 4.78 is 25.1. The highest BCUT2D eigenvalue weighted by Crippen LogP contribution is 2.32. The van der Waals surface area contributed by atoms with Crippen molar-refractivity contribution >= 4 is 18.3 Å². The second-order valence-corrected chi connectivity index (χ2v) is 6.17. The van der Waals surface area contributed by atoms with Gasteiger partial charge in [0, 0.05) is 19.6 Å². The zero-order chi connectivity index (χ0) is 17.2. The molecule has 7 heteroatoms. The van der Waals surface area contributed by atoms with E-state index in [9.17, 15) is 9.18 Å². The summed E-state index contributed by atoms with van der Waals surface area (Å²) in [6, 6.07) is 13.5. The van der Waals surface area contributed by atoms with Gasteiger partial charge in [-0.25, -0.2) is 4.39 Å². The Morgan fingerprint density at radius 1 is 1.15 bits per heavy atom. The van der Waals surface area contributed by atoms with Crippen LogP contribution in [0.25, 0.3) is 0 Å². The molecular weight excluding hydrogens is 359 g/mol. The van der Waals surface area contributed by atoms with Crippen LogP contribution in [0, 0.1) is 5.82 Å². The second kappa shape index (κ2) is 7.93. The molecule has 26 heavy (non-hydrogen) atoms. The van der Waals surface area contributed by atoms with Crippen LogP contribution in [0.1, 0.15) is 11.6 Å². The number of hydrogen-bond donors (Lipinski definition) is 1. The molecule has 1 saturated heterocycles. The molecule has 2 aromatic rings. The number of amides is 1. The molecule has 4 rings (SSSR count). The number of halogens is 2. The quantitative estimate of drug-likeness (QED) is 0.872. The molecule has 2 unspecified atom stereocenters. The Morgan fingerprint density at radius 2 is 1.96 bits per heavy atom. The van der Waals surface area contributed by atoms with Gasteiger partial charge in [0.15, 0.2) is 11.5 Å². The van der Waals surface area contributed by atoms with Crippen LogP contribution < -0.4 is 14.8 Å². The predicted octanol–water partition coefficient (Wildman–Crippen LogP) is 2.56. The Labute approximate surface area is 157 Å². The Balaban J connectivity index is 0.00000196. The van der Waals surface area contributed by atoms with Gasteiger partial charge in [-0.05, 0) is 29.8 Å². The van der Waals surface area contributed by atoms with Crippen molar-refractivity contribution in [1.82, 2.24) is 10.2 Å². The molecule has 138 valence electrons. The van der Waals surface area contributed by atoms with Crippen LogP contribution in [0.2, 0.25) is 0 Å². The molecule has 0 aromatic heterocycles. The lowest BCUT2D eigenvalue weighted by Crippen LogP contribution is -2.54. The lowest BCUT2D eigenvalue weighted by atomic mass is 10.0. The Kier molecular flexibility index (Phi) is 5.64. The first-order chi connectivity index (χ1) is 12.2. The fourth-order valence-corrected chi connectivity index (χ4v) is 3.31. The number of nitrogens with one attached hydrogen (secondary N) is 1. The van der Waals surface area contributed by atoms with Gasteiger partial charge in [0.2, 0.25) is 6.10 Å². The highest BCUT2D eigenvalue weighted by molar-refractivity contribution is 5.85. The Hall–Kier alpha value is -2.31. The van der Waals surface area contributed by atoms with Crippen LogP contribution in [0.15, 0.2) is 48.5 Å². The van der Waals surface area contributed by atoms with Crippen LogP contribution in [-0.4, -0.2) is 43.2 Å². The largest absolute Gasteiger partial charge is 0.485 e. The summed E-state index contributed by atoms with van der Waals surface area (Å²) in [6.07, 6.45) is -0.691. The van der Waals surface area contributed by atoms with Crippen molar-refractivity contribution in [2.75, 3.05) is 26.2 Å². The fraction of sp³-hybridized carbons (Fsp3) is 0.316. The molecule has 2 aliphatic heterocycles. The van der Waals surface area contributed by atoms with E-state index >= 15 is 0 Å². The van der Waals surface area contributed by atoms with E-state index in [1.54, 1.807) is 17.0 Å². The predicted molar refractivity (Wildman–Crippen MR) is 97.3 cm³/mol. The Morgan fingerprint density at radius 3 is 2.77 bits per heavy atom. The van der Waals surface area contributed by atoms with E-state index in [4.69, 9.17) is 9.47 Å². The average Bonchev–Trinajstić information content (AvgIpc) is 2.67. The number of rotatable bonds is 2. The minimum Gasteiger partial charge on any atom is -0.485 e. The summed E-state index contributed by atoms with van der Waals surface area (Å²) in [5, 5.41) is 3.27. The maximum absolute atomic E-state index is 13.6. The summed E-state index contributed by atoms with van der Waals surface area (Å²) in [6.45, 7) is 2.00. The number of hydrogen-bond acceptors (Lipinski definition) is 4. The first kappa shape index (κ1) is 18.5. The van der Waals surface area contributed by atoms with E-state index < -0.39 is 6.10 Å². The molecule has 2 aliphatic rings. The van der Waals surface area contributed by atoms with Gasteiger partial charge in [0.05, 0.1) is 6.04 Å². The molecular formula is C19H20ClFN2O3. The maximum Gasteiger partial charge on any atom is 0.267 e. The standard InChI is InChI=1S/C19H19FN2O3.ClH/c20-14-5-3-4-13(10-14)15-11-21-8-9-22(15)19(23)18-12-24-16-6-1-2-7-17(16)25-18;/h1-7,10,15,18,21H,8-9,11-12H2;1H. The number of ether oxygens (including phenoxy) is 2.